The summed E-state index contributed by atoms with van der Waals surface area (Å²) in [6, 6.07) is 0. The lowest BCUT2D eigenvalue weighted by Gasteiger charge is -2.36. The standard InChI is InChI=1S/C13H24N2O2SSi/c1-13(2,3)19(5,6)17-8-7-16-11-9-14-12(18-4)15-10-11/h9-10H,7-8H2,1-6H3. The van der Waals surface area contributed by atoms with Crippen LogP contribution in [0.25, 0.3) is 0 Å². The summed E-state index contributed by atoms with van der Waals surface area (Å²) in [6.45, 7) is 12.3. The molecule has 0 radical (unpaired) electrons. The van der Waals surface area contributed by atoms with Gasteiger partial charge in [-0.2, -0.15) is 0 Å². The highest BCUT2D eigenvalue weighted by Gasteiger charge is 2.36. The quantitative estimate of drug-likeness (QED) is 0.347. The normalized spacial score (nSPS) is 12.5. The van der Waals surface area contributed by atoms with E-state index >= 15 is 0 Å². The molecule has 1 rings (SSSR count). The minimum atomic E-state index is -1.67. The van der Waals surface area contributed by atoms with Crippen LogP contribution < -0.4 is 4.74 Å². The van der Waals surface area contributed by atoms with Crippen molar-refractivity contribution in [2.75, 3.05) is 19.5 Å². The number of nitrogens with zero attached hydrogens (tertiary/aromatic N) is 2. The molecule has 0 fully saturated rings. The van der Waals surface area contributed by atoms with E-state index in [1.807, 2.05) is 6.26 Å². The third-order valence-electron chi connectivity index (χ3n) is 3.41. The summed E-state index contributed by atoms with van der Waals surface area (Å²) in [7, 11) is -1.67. The summed E-state index contributed by atoms with van der Waals surface area (Å²) in [5, 5.41) is 0.987. The smallest absolute Gasteiger partial charge is 0.192 e. The molecule has 1 aromatic heterocycles. The van der Waals surface area contributed by atoms with Gasteiger partial charge < -0.3 is 9.16 Å². The van der Waals surface area contributed by atoms with Gasteiger partial charge >= 0.3 is 0 Å². The molecule has 0 saturated heterocycles. The van der Waals surface area contributed by atoms with E-state index in [0.29, 0.717) is 19.0 Å². The molecule has 4 nitrogen and oxygen atoms in total. The second-order valence-electron chi connectivity index (χ2n) is 5.86. The van der Waals surface area contributed by atoms with Crippen molar-refractivity contribution in [3.63, 3.8) is 0 Å². The molecule has 1 aromatic rings. The van der Waals surface area contributed by atoms with Crippen LogP contribution in [0.4, 0.5) is 0 Å². The summed E-state index contributed by atoms with van der Waals surface area (Å²) >= 11 is 1.52. The molecule has 0 saturated carbocycles. The first-order chi connectivity index (χ1) is 8.76. The summed E-state index contributed by atoms with van der Waals surface area (Å²) in [5.74, 6) is 0.691. The maximum Gasteiger partial charge on any atom is 0.192 e. The van der Waals surface area contributed by atoms with Gasteiger partial charge in [0.25, 0.3) is 0 Å². The summed E-state index contributed by atoms with van der Waals surface area (Å²) in [5.41, 5.74) is 0. The van der Waals surface area contributed by atoms with Gasteiger partial charge in [0, 0.05) is 0 Å². The summed E-state index contributed by atoms with van der Waals surface area (Å²) in [4.78, 5) is 8.32. The zero-order valence-electron chi connectivity index (χ0n) is 12.7. The van der Waals surface area contributed by atoms with Gasteiger partial charge in [-0.1, -0.05) is 32.5 Å². The van der Waals surface area contributed by atoms with Crippen LogP contribution in [-0.2, 0) is 4.43 Å². The van der Waals surface area contributed by atoms with E-state index in [9.17, 15) is 0 Å². The van der Waals surface area contributed by atoms with Crippen molar-refractivity contribution >= 4 is 20.1 Å². The molecule has 0 N–H and O–H groups in total. The van der Waals surface area contributed by atoms with E-state index in [1.54, 1.807) is 12.4 Å². The van der Waals surface area contributed by atoms with Crippen LogP contribution >= 0.6 is 11.8 Å². The Morgan fingerprint density at radius 1 is 1.16 bits per heavy atom. The highest BCUT2D eigenvalue weighted by molar-refractivity contribution is 7.98. The number of rotatable bonds is 6. The van der Waals surface area contributed by atoms with Gasteiger partial charge in [0.2, 0.25) is 0 Å². The molecular formula is C13H24N2O2SSi. The second kappa shape index (κ2) is 6.72. The van der Waals surface area contributed by atoms with Crippen LogP contribution in [0, 0.1) is 0 Å². The lowest BCUT2D eigenvalue weighted by molar-refractivity contribution is 0.202. The van der Waals surface area contributed by atoms with Crippen LogP contribution in [0.1, 0.15) is 20.8 Å². The van der Waals surface area contributed by atoms with Crippen molar-refractivity contribution in [3.05, 3.63) is 12.4 Å². The number of ether oxygens (including phenoxy) is 1. The Hall–Kier alpha value is -0.593. The molecule has 0 spiro atoms. The first kappa shape index (κ1) is 16.5. The molecule has 6 heteroatoms. The zero-order valence-corrected chi connectivity index (χ0v) is 14.5. The summed E-state index contributed by atoms with van der Waals surface area (Å²) in [6.07, 6.45) is 5.35. The van der Waals surface area contributed by atoms with E-state index in [4.69, 9.17) is 9.16 Å². The number of hydrogen-bond acceptors (Lipinski definition) is 5. The zero-order chi connectivity index (χ0) is 14.5. The number of hydrogen-bond donors (Lipinski definition) is 0. The van der Waals surface area contributed by atoms with Gasteiger partial charge in [-0.15, -0.1) is 0 Å². The first-order valence-electron chi connectivity index (χ1n) is 6.39. The fraction of sp³-hybridized carbons (Fsp3) is 0.692. The minimum Gasteiger partial charge on any atom is -0.488 e. The van der Waals surface area contributed by atoms with Crippen molar-refractivity contribution in [1.29, 1.82) is 0 Å². The Morgan fingerprint density at radius 3 is 2.21 bits per heavy atom. The minimum absolute atomic E-state index is 0.232. The molecule has 0 aliphatic rings. The van der Waals surface area contributed by atoms with Crippen molar-refractivity contribution in [2.24, 2.45) is 0 Å². The highest BCUT2D eigenvalue weighted by Crippen LogP contribution is 2.36. The molecule has 0 bridgehead atoms. The molecule has 0 aliphatic carbocycles. The van der Waals surface area contributed by atoms with Gasteiger partial charge in [0.15, 0.2) is 19.2 Å². The Labute approximate surface area is 121 Å². The molecular weight excluding hydrogens is 276 g/mol. The average molecular weight is 300 g/mol. The maximum absolute atomic E-state index is 6.03. The second-order valence-corrected chi connectivity index (χ2v) is 11.4. The van der Waals surface area contributed by atoms with Crippen LogP contribution in [0.15, 0.2) is 17.6 Å². The van der Waals surface area contributed by atoms with Crippen LogP contribution in [0.5, 0.6) is 5.75 Å². The van der Waals surface area contributed by atoms with Crippen molar-refractivity contribution < 1.29 is 9.16 Å². The molecule has 19 heavy (non-hydrogen) atoms. The predicted molar refractivity (Wildman–Crippen MR) is 82.5 cm³/mol. The maximum atomic E-state index is 6.03. The SMILES string of the molecule is CSc1ncc(OCCO[Si](C)(C)C(C)(C)C)cn1. The predicted octanol–water partition coefficient (Wildman–Crippen LogP) is 3.60. The Morgan fingerprint density at radius 2 is 1.74 bits per heavy atom. The molecule has 0 unspecified atom stereocenters. The molecule has 0 aromatic carbocycles. The topological polar surface area (TPSA) is 44.2 Å². The number of thioether (sulfide) groups is 1. The van der Waals surface area contributed by atoms with E-state index in [-0.39, 0.29) is 5.04 Å². The lowest BCUT2D eigenvalue weighted by atomic mass is 10.2. The highest BCUT2D eigenvalue weighted by atomic mass is 32.2. The summed E-state index contributed by atoms with van der Waals surface area (Å²) < 4.78 is 11.6. The fourth-order valence-electron chi connectivity index (χ4n) is 1.16. The fourth-order valence-corrected chi connectivity index (χ4v) is 2.50. The number of aromatic nitrogens is 2. The van der Waals surface area contributed by atoms with Crippen molar-refractivity contribution in [1.82, 2.24) is 9.97 Å². The molecule has 0 atom stereocenters. The van der Waals surface area contributed by atoms with E-state index in [1.165, 1.54) is 11.8 Å². The van der Waals surface area contributed by atoms with Gasteiger partial charge in [-0.25, -0.2) is 9.97 Å². The molecule has 1 heterocycles. The molecule has 0 aliphatic heterocycles. The first-order valence-corrected chi connectivity index (χ1v) is 10.5. The van der Waals surface area contributed by atoms with E-state index in [0.717, 1.165) is 5.16 Å². The average Bonchev–Trinajstić information content (AvgIpc) is 2.34. The van der Waals surface area contributed by atoms with Gasteiger partial charge in [0.1, 0.15) is 6.61 Å². The Bertz CT molecular complexity index is 391. The third-order valence-corrected chi connectivity index (χ3v) is 8.52. The van der Waals surface area contributed by atoms with E-state index in [2.05, 4.69) is 43.8 Å². The van der Waals surface area contributed by atoms with Crippen LogP contribution in [-0.4, -0.2) is 37.8 Å². The largest absolute Gasteiger partial charge is 0.488 e. The Balaban J connectivity index is 2.34. The van der Waals surface area contributed by atoms with Crippen molar-refractivity contribution in [3.8, 4) is 5.75 Å². The monoisotopic (exact) mass is 300 g/mol. The third kappa shape index (κ3) is 5.12. The van der Waals surface area contributed by atoms with E-state index < -0.39 is 8.32 Å². The van der Waals surface area contributed by atoms with Gasteiger partial charge in [-0.3, -0.25) is 0 Å². The van der Waals surface area contributed by atoms with Crippen LogP contribution in [0.2, 0.25) is 18.1 Å². The van der Waals surface area contributed by atoms with Crippen molar-refractivity contribution in [2.45, 2.75) is 44.1 Å². The molecule has 108 valence electrons. The van der Waals surface area contributed by atoms with Crippen LogP contribution in [0.3, 0.4) is 0 Å². The molecule has 0 amide bonds. The van der Waals surface area contributed by atoms with Gasteiger partial charge in [0.05, 0.1) is 19.0 Å². The Kier molecular flexibility index (Phi) is 5.82. The van der Waals surface area contributed by atoms with Gasteiger partial charge in [-0.05, 0) is 24.4 Å². The lowest BCUT2D eigenvalue weighted by Crippen LogP contribution is -2.41.